The molecule has 2 saturated heterocycles. The Morgan fingerprint density at radius 3 is 1.23 bits per heavy atom. The summed E-state index contributed by atoms with van der Waals surface area (Å²) in [6.45, 7) is 6.53. The van der Waals surface area contributed by atoms with Crippen molar-refractivity contribution in [2.24, 2.45) is 0 Å². The molecule has 2 heterocycles. The van der Waals surface area contributed by atoms with Crippen molar-refractivity contribution in [2.45, 2.75) is 167 Å². The molecule has 39 heavy (non-hydrogen) atoms. The molecule has 0 radical (unpaired) electrons. The third-order valence-corrected chi connectivity index (χ3v) is 7.35. The Morgan fingerprint density at radius 2 is 0.949 bits per heavy atom. The largest absolute Gasteiger partial charge is 1.00 e. The Morgan fingerprint density at radius 1 is 0.641 bits per heavy atom. The van der Waals surface area contributed by atoms with Crippen molar-refractivity contribution >= 4 is 7.82 Å². The Kier molecular flexibility index (Phi) is 36.9. The zero-order valence-corrected chi connectivity index (χ0v) is 33.1. The maximum atomic E-state index is 8.55. The van der Waals surface area contributed by atoms with Crippen LogP contribution in [0.5, 0.6) is 0 Å². The van der Waals surface area contributed by atoms with Gasteiger partial charge in [0.15, 0.2) is 0 Å². The minimum atomic E-state index is -5.39. The van der Waals surface area contributed by atoms with Gasteiger partial charge >= 0.3 is 88.7 Å². The van der Waals surface area contributed by atoms with Gasteiger partial charge < -0.3 is 33.5 Å². The zero-order valence-electron chi connectivity index (χ0n) is 26.2. The van der Waals surface area contributed by atoms with E-state index in [0.717, 1.165) is 13.2 Å². The van der Waals surface area contributed by atoms with Crippen molar-refractivity contribution < 1.29 is 122 Å². The molecule has 0 aromatic heterocycles. The molecule has 11 heteroatoms. The van der Waals surface area contributed by atoms with Crippen molar-refractivity contribution in [3.05, 3.63) is 0 Å². The summed E-state index contributed by atoms with van der Waals surface area (Å²) in [6, 6.07) is 0. The van der Waals surface area contributed by atoms with Crippen molar-refractivity contribution in [2.75, 3.05) is 13.2 Å². The average Bonchev–Trinajstić information content (AvgIpc) is 2.74. The molecule has 0 aliphatic carbocycles. The summed E-state index contributed by atoms with van der Waals surface area (Å²) in [6.07, 6.45) is 28.1. The Hall–Kier alpha value is 2.99. The van der Waals surface area contributed by atoms with Crippen LogP contribution in [0.1, 0.15) is 142 Å². The Bertz CT molecular complexity index is 505. The molecule has 2 rings (SSSR count). The van der Waals surface area contributed by atoms with Gasteiger partial charge in [-0.05, 0) is 51.4 Å². The first-order chi connectivity index (χ1) is 17.3. The van der Waals surface area contributed by atoms with Gasteiger partial charge in [0.25, 0.3) is 0 Å². The van der Waals surface area contributed by atoms with E-state index in [0.29, 0.717) is 24.4 Å². The van der Waals surface area contributed by atoms with Crippen LogP contribution in [0.15, 0.2) is 0 Å². The second kappa shape index (κ2) is 31.0. The number of rotatable bonds is 22. The van der Waals surface area contributed by atoms with Crippen LogP contribution in [0.4, 0.5) is 0 Å². The van der Waals surface area contributed by atoms with Crippen LogP contribution in [0.25, 0.3) is 0 Å². The Labute approximate surface area is 306 Å². The normalized spacial score (nSPS) is 19.5. The number of phosphoric acid groups is 1. The van der Waals surface area contributed by atoms with Gasteiger partial charge in [-0.3, -0.25) is 0 Å². The third kappa shape index (κ3) is 30.8. The van der Waals surface area contributed by atoms with Gasteiger partial charge in [-0.15, -0.1) is 0 Å². The number of hydrogen-bond acceptors (Lipinski definition) is 7. The summed E-state index contributed by atoms with van der Waals surface area (Å²) < 4.78 is 26.8. The zero-order chi connectivity index (χ0) is 26.5. The predicted molar refractivity (Wildman–Crippen MR) is 139 cm³/mol. The molecule has 2 fully saturated rings. The topological polar surface area (TPSA) is 114 Å². The molecule has 7 nitrogen and oxygen atoms in total. The second-order valence-corrected chi connectivity index (χ2v) is 11.6. The molecule has 4 atom stereocenters. The molecule has 2 aliphatic rings. The molecule has 0 aromatic carbocycles. The third-order valence-electron chi connectivity index (χ3n) is 7.35. The smallest absolute Gasteiger partial charge is 0.822 e. The van der Waals surface area contributed by atoms with Crippen LogP contribution in [0.2, 0.25) is 0 Å². The molecule has 4 unspecified atom stereocenters. The second-order valence-electron chi connectivity index (χ2n) is 10.7. The van der Waals surface area contributed by atoms with Gasteiger partial charge in [0.2, 0.25) is 0 Å². The van der Waals surface area contributed by atoms with Crippen LogP contribution in [0.3, 0.4) is 0 Å². The predicted octanol–water partition coefficient (Wildman–Crippen LogP) is -3.43. The van der Waals surface area contributed by atoms with Gasteiger partial charge in [-0.25, -0.2) is 0 Å². The number of hydrogen-bond donors (Lipinski definition) is 0. The van der Waals surface area contributed by atoms with Gasteiger partial charge in [0.05, 0.1) is 24.4 Å². The van der Waals surface area contributed by atoms with E-state index in [2.05, 4.69) is 13.8 Å². The van der Waals surface area contributed by atoms with Gasteiger partial charge in [-0.1, -0.05) is 90.9 Å². The summed E-state index contributed by atoms with van der Waals surface area (Å²) in [5.74, 6) is 0. The maximum Gasteiger partial charge on any atom is 1.00 e. The van der Waals surface area contributed by atoms with Crippen LogP contribution >= 0.6 is 7.82 Å². The van der Waals surface area contributed by atoms with Gasteiger partial charge in [-0.2, -0.15) is 7.82 Å². The van der Waals surface area contributed by atoms with E-state index in [1.54, 1.807) is 0 Å². The first-order valence-electron chi connectivity index (χ1n) is 14.9. The molecule has 0 aromatic rings. The van der Waals surface area contributed by atoms with E-state index >= 15 is 0 Å². The summed E-state index contributed by atoms with van der Waals surface area (Å²) >= 11 is 0. The summed E-state index contributed by atoms with van der Waals surface area (Å²) in [5.41, 5.74) is 0. The minimum Gasteiger partial charge on any atom is -0.822 e. The maximum absolute atomic E-state index is 8.55. The quantitative estimate of drug-likeness (QED) is 0.0720. The van der Waals surface area contributed by atoms with E-state index in [1.165, 1.54) is 128 Å². The molecule has 2 aliphatic heterocycles. The van der Waals surface area contributed by atoms with E-state index in [9.17, 15) is 0 Å². The standard InChI is InChI=1S/C28H54O3.3Na.H3O4P/c1-3-5-7-9-11-13-15-27(19-17-25-21-23-29-25)31-28(20-18-26-22-24-30-26)16-14-12-10-8-6-4-2;;;;1-5(2,3)4/h25-28H,3-24H2,1-2H3;;;;(H3,1,2,3,4)/q;3*+1;/p-3. The molecular formula is C28H54Na3O7P. The van der Waals surface area contributed by atoms with Crippen molar-refractivity contribution in [1.29, 1.82) is 0 Å². The first-order valence-corrected chi connectivity index (χ1v) is 16.4. The van der Waals surface area contributed by atoms with Crippen molar-refractivity contribution in [3.8, 4) is 0 Å². The molecule has 216 valence electrons. The molecule has 0 amide bonds. The minimum absolute atomic E-state index is 0. The monoisotopic (exact) mass is 602 g/mol. The summed E-state index contributed by atoms with van der Waals surface area (Å²) in [4.78, 5) is 25.6. The summed E-state index contributed by atoms with van der Waals surface area (Å²) in [7, 11) is -5.39. The van der Waals surface area contributed by atoms with Crippen molar-refractivity contribution in [1.82, 2.24) is 0 Å². The van der Waals surface area contributed by atoms with Crippen LogP contribution < -0.4 is 103 Å². The Balaban J connectivity index is -0.00000148. The van der Waals surface area contributed by atoms with Crippen LogP contribution in [0, 0.1) is 0 Å². The first kappa shape index (κ1) is 46.4. The molecular weight excluding hydrogens is 548 g/mol. The van der Waals surface area contributed by atoms with Crippen LogP contribution in [-0.4, -0.2) is 37.6 Å². The number of ether oxygens (including phenoxy) is 3. The van der Waals surface area contributed by atoms with Crippen molar-refractivity contribution in [3.63, 3.8) is 0 Å². The molecule has 0 bridgehead atoms. The fraction of sp³-hybridized carbons (Fsp3) is 1.00. The molecule has 0 spiro atoms. The average molecular weight is 603 g/mol. The summed E-state index contributed by atoms with van der Waals surface area (Å²) in [5, 5.41) is 0. The van der Waals surface area contributed by atoms with Gasteiger partial charge in [0, 0.05) is 13.2 Å². The SMILES string of the molecule is CCCCCCCCC(CCC1CCO1)OC(CCCCCCCC)CCC1CCO1.O=P([O-])([O-])[O-].[Na+].[Na+].[Na+]. The fourth-order valence-corrected chi connectivity index (χ4v) is 4.91. The van der Waals surface area contributed by atoms with E-state index < -0.39 is 7.82 Å². The van der Waals surface area contributed by atoms with E-state index in [4.69, 9.17) is 33.5 Å². The van der Waals surface area contributed by atoms with E-state index in [-0.39, 0.29) is 88.7 Å². The molecule has 0 N–H and O–H groups in total. The fourth-order valence-electron chi connectivity index (χ4n) is 4.91. The van der Waals surface area contributed by atoms with Gasteiger partial charge in [0.1, 0.15) is 0 Å². The van der Waals surface area contributed by atoms with Crippen LogP contribution in [-0.2, 0) is 18.8 Å². The number of unbranched alkanes of at least 4 members (excludes halogenated alkanes) is 10. The van der Waals surface area contributed by atoms with E-state index in [1.807, 2.05) is 0 Å². The molecule has 0 saturated carbocycles.